The SMILES string of the molecule is CNC(=O)c1cccc(NC(=O)[C@H]2CC(=O)N(c3ccccc3F)C2)c1. The highest BCUT2D eigenvalue weighted by Gasteiger charge is 2.36. The first-order valence-corrected chi connectivity index (χ1v) is 8.17. The number of nitrogens with zero attached hydrogens (tertiary/aromatic N) is 1. The van der Waals surface area contributed by atoms with Crippen LogP contribution in [0.1, 0.15) is 16.8 Å². The highest BCUT2D eigenvalue weighted by Crippen LogP contribution is 2.28. The van der Waals surface area contributed by atoms with Crippen molar-refractivity contribution in [2.75, 3.05) is 23.8 Å². The summed E-state index contributed by atoms with van der Waals surface area (Å²) in [5.74, 6) is -1.99. The van der Waals surface area contributed by atoms with E-state index in [1.807, 2.05) is 0 Å². The average Bonchev–Trinajstić information content (AvgIpc) is 3.03. The third-order valence-electron chi connectivity index (χ3n) is 4.26. The zero-order valence-electron chi connectivity index (χ0n) is 14.2. The van der Waals surface area contributed by atoms with E-state index in [-0.39, 0.29) is 36.4 Å². The van der Waals surface area contributed by atoms with Crippen LogP contribution in [0.5, 0.6) is 0 Å². The van der Waals surface area contributed by atoms with Crippen LogP contribution in [0.25, 0.3) is 0 Å². The van der Waals surface area contributed by atoms with Crippen LogP contribution in [-0.2, 0) is 9.59 Å². The van der Waals surface area contributed by atoms with Crippen LogP contribution < -0.4 is 15.5 Å². The van der Waals surface area contributed by atoms with Gasteiger partial charge in [0.1, 0.15) is 5.82 Å². The molecule has 134 valence electrons. The fourth-order valence-electron chi connectivity index (χ4n) is 2.91. The van der Waals surface area contributed by atoms with Crippen molar-refractivity contribution >= 4 is 29.1 Å². The summed E-state index contributed by atoms with van der Waals surface area (Å²) in [6.45, 7) is 0.112. The molecule has 0 unspecified atom stereocenters. The second kappa shape index (κ2) is 7.35. The minimum absolute atomic E-state index is 0.00923. The molecule has 1 saturated heterocycles. The largest absolute Gasteiger partial charge is 0.355 e. The standard InChI is InChI=1S/C19H18FN3O3/c1-21-18(25)12-5-4-6-14(9-12)22-19(26)13-10-17(24)23(11-13)16-8-3-2-7-15(16)20/h2-9,13H,10-11H2,1H3,(H,21,25)(H,22,26)/t13-/m0/s1. The van der Waals surface area contributed by atoms with E-state index in [4.69, 9.17) is 0 Å². The topological polar surface area (TPSA) is 78.5 Å². The van der Waals surface area contributed by atoms with Gasteiger partial charge >= 0.3 is 0 Å². The number of hydrogen-bond donors (Lipinski definition) is 2. The lowest BCUT2D eigenvalue weighted by atomic mass is 10.1. The summed E-state index contributed by atoms with van der Waals surface area (Å²) < 4.78 is 13.9. The molecule has 7 heteroatoms. The maximum absolute atomic E-state index is 13.9. The van der Waals surface area contributed by atoms with Crippen LogP contribution in [0, 0.1) is 11.7 Å². The minimum atomic E-state index is -0.592. The molecule has 1 fully saturated rings. The Morgan fingerprint density at radius 3 is 2.65 bits per heavy atom. The molecule has 2 N–H and O–H groups in total. The zero-order valence-corrected chi connectivity index (χ0v) is 14.2. The lowest BCUT2D eigenvalue weighted by Crippen LogP contribution is -2.28. The van der Waals surface area contributed by atoms with Crippen molar-refractivity contribution in [3.05, 3.63) is 59.9 Å². The molecular formula is C19H18FN3O3. The Morgan fingerprint density at radius 1 is 1.15 bits per heavy atom. The predicted octanol–water partition coefficient (Wildman–Crippen LogP) is 2.18. The summed E-state index contributed by atoms with van der Waals surface area (Å²) in [6, 6.07) is 12.5. The van der Waals surface area contributed by atoms with Crippen molar-refractivity contribution in [2.24, 2.45) is 5.92 Å². The van der Waals surface area contributed by atoms with Crippen molar-refractivity contribution in [3.8, 4) is 0 Å². The van der Waals surface area contributed by atoms with E-state index in [9.17, 15) is 18.8 Å². The van der Waals surface area contributed by atoms with Gasteiger partial charge in [0.2, 0.25) is 11.8 Å². The van der Waals surface area contributed by atoms with Crippen molar-refractivity contribution in [2.45, 2.75) is 6.42 Å². The van der Waals surface area contributed by atoms with E-state index < -0.39 is 11.7 Å². The number of nitrogens with one attached hydrogen (secondary N) is 2. The molecular weight excluding hydrogens is 337 g/mol. The molecule has 26 heavy (non-hydrogen) atoms. The second-order valence-corrected chi connectivity index (χ2v) is 6.01. The number of para-hydroxylation sites is 1. The molecule has 0 spiro atoms. The Bertz CT molecular complexity index is 869. The van der Waals surface area contributed by atoms with Crippen LogP contribution in [0.15, 0.2) is 48.5 Å². The quantitative estimate of drug-likeness (QED) is 0.882. The number of amides is 3. The Hall–Kier alpha value is -3.22. The lowest BCUT2D eigenvalue weighted by molar-refractivity contribution is -0.122. The summed E-state index contributed by atoms with van der Waals surface area (Å²) in [4.78, 5) is 37.7. The molecule has 0 saturated carbocycles. The highest BCUT2D eigenvalue weighted by molar-refractivity contribution is 6.04. The second-order valence-electron chi connectivity index (χ2n) is 6.01. The number of benzene rings is 2. The van der Waals surface area contributed by atoms with Crippen LogP contribution >= 0.6 is 0 Å². The molecule has 0 radical (unpaired) electrons. The molecule has 0 aliphatic carbocycles. The Morgan fingerprint density at radius 2 is 1.92 bits per heavy atom. The van der Waals surface area contributed by atoms with E-state index >= 15 is 0 Å². The zero-order chi connectivity index (χ0) is 18.7. The first-order chi connectivity index (χ1) is 12.5. The maximum Gasteiger partial charge on any atom is 0.251 e. The molecule has 0 aromatic heterocycles. The van der Waals surface area contributed by atoms with Gasteiger partial charge in [-0.1, -0.05) is 18.2 Å². The van der Waals surface area contributed by atoms with Gasteiger partial charge in [-0.15, -0.1) is 0 Å². The molecule has 2 aromatic rings. The first kappa shape index (κ1) is 17.6. The Labute approximate surface area is 150 Å². The summed E-state index contributed by atoms with van der Waals surface area (Å²) in [6.07, 6.45) is 0.00923. The van der Waals surface area contributed by atoms with E-state index in [0.29, 0.717) is 11.3 Å². The van der Waals surface area contributed by atoms with Crippen LogP contribution in [-0.4, -0.2) is 31.3 Å². The number of carbonyl (C=O) groups is 3. The van der Waals surface area contributed by atoms with Crippen LogP contribution in [0.2, 0.25) is 0 Å². The van der Waals surface area contributed by atoms with Crippen LogP contribution in [0.4, 0.5) is 15.8 Å². The summed E-state index contributed by atoms with van der Waals surface area (Å²) in [7, 11) is 1.52. The van der Waals surface area contributed by atoms with Gasteiger partial charge in [-0.25, -0.2) is 4.39 Å². The molecule has 0 bridgehead atoms. The van der Waals surface area contributed by atoms with Gasteiger partial charge in [-0.05, 0) is 30.3 Å². The Kier molecular flexibility index (Phi) is 4.97. The fraction of sp³-hybridized carbons (Fsp3) is 0.211. The number of rotatable bonds is 4. The third kappa shape index (κ3) is 3.56. The number of halogens is 1. The van der Waals surface area contributed by atoms with Crippen molar-refractivity contribution in [1.82, 2.24) is 5.32 Å². The van der Waals surface area contributed by atoms with Crippen molar-refractivity contribution in [1.29, 1.82) is 0 Å². The molecule has 3 amide bonds. The fourth-order valence-corrected chi connectivity index (χ4v) is 2.91. The van der Waals surface area contributed by atoms with Gasteiger partial charge < -0.3 is 15.5 Å². The van der Waals surface area contributed by atoms with E-state index in [1.165, 1.54) is 24.1 Å². The van der Waals surface area contributed by atoms with Gasteiger partial charge in [0.25, 0.3) is 5.91 Å². The number of hydrogen-bond acceptors (Lipinski definition) is 3. The van der Waals surface area contributed by atoms with E-state index in [0.717, 1.165) is 0 Å². The van der Waals surface area contributed by atoms with E-state index in [2.05, 4.69) is 10.6 Å². The first-order valence-electron chi connectivity index (χ1n) is 8.17. The van der Waals surface area contributed by atoms with Crippen LogP contribution in [0.3, 0.4) is 0 Å². The van der Waals surface area contributed by atoms with Gasteiger partial charge in [0.15, 0.2) is 0 Å². The highest BCUT2D eigenvalue weighted by atomic mass is 19.1. The molecule has 1 aliphatic rings. The van der Waals surface area contributed by atoms with Gasteiger partial charge in [0, 0.05) is 31.3 Å². The lowest BCUT2D eigenvalue weighted by Gasteiger charge is -2.17. The Balaban J connectivity index is 1.71. The minimum Gasteiger partial charge on any atom is -0.355 e. The molecule has 2 aromatic carbocycles. The third-order valence-corrected chi connectivity index (χ3v) is 4.26. The molecule has 1 atom stereocenters. The number of carbonyl (C=O) groups excluding carboxylic acids is 3. The molecule has 6 nitrogen and oxygen atoms in total. The summed E-state index contributed by atoms with van der Waals surface area (Å²) in [5.41, 5.74) is 1.06. The normalized spacial score (nSPS) is 16.5. The average molecular weight is 355 g/mol. The summed E-state index contributed by atoms with van der Waals surface area (Å²) >= 11 is 0. The number of anilines is 2. The van der Waals surface area contributed by atoms with Gasteiger partial charge in [0.05, 0.1) is 11.6 Å². The predicted molar refractivity (Wildman–Crippen MR) is 95.3 cm³/mol. The van der Waals surface area contributed by atoms with E-state index in [1.54, 1.807) is 36.4 Å². The maximum atomic E-state index is 13.9. The van der Waals surface area contributed by atoms with Gasteiger partial charge in [-0.3, -0.25) is 14.4 Å². The monoisotopic (exact) mass is 355 g/mol. The molecule has 1 heterocycles. The van der Waals surface area contributed by atoms with Crippen molar-refractivity contribution in [3.63, 3.8) is 0 Å². The van der Waals surface area contributed by atoms with Gasteiger partial charge in [-0.2, -0.15) is 0 Å². The smallest absolute Gasteiger partial charge is 0.251 e. The van der Waals surface area contributed by atoms with Crippen molar-refractivity contribution < 1.29 is 18.8 Å². The molecule has 1 aliphatic heterocycles. The summed E-state index contributed by atoms with van der Waals surface area (Å²) in [5, 5.41) is 5.23. The molecule has 3 rings (SSSR count).